The number of pyridine rings is 1. The number of rotatable bonds is 4. The molecule has 0 bridgehead atoms. The Morgan fingerprint density at radius 3 is 2.77 bits per heavy atom. The number of halogens is 1. The van der Waals surface area contributed by atoms with Gasteiger partial charge in [0.1, 0.15) is 16.5 Å². The zero-order valence-corrected chi connectivity index (χ0v) is 15.6. The van der Waals surface area contributed by atoms with Gasteiger partial charge in [-0.2, -0.15) is 0 Å². The molecule has 26 heavy (non-hydrogen) atoms. The maximum absolute atomic E-state index is 12.4. The van der Waals surface area contributed by atoms with Gasteiger partial charge < -0.3 is 10.2 Å². The quantitative estimate of drug-likeness (QED) is 0.707. The zero-order valence-electron chi connectivity index (χ0n) is 14.0. The van der Waals surface area contributed by atoms with Gasteiger partial charge in [0.15, 0.2) is 0 Å². The molecule has 1 aliphatic rings. The molecule has 0 atom stereocenters. The van der Waals surface area contributed by atoms with E-state index in [1.807, 2.05) is 18.3 Å². The van der Waals surface area contributed by atoms with Gasteiger partial charge in [0.2, 0.25) is 0 Å². The summed E-state index contributed by atoms with van der Waals surface area (Å²) in [6, 6.07) is 11.1. The standard InChI is InChI=1S/C19H17ClN4OS/c20-14-4-3-5-15(10-14)22-18(25)16-12-26-19(23-16)13-6-7-17(21-11-13)24-8-1-2-9-24/h3-7,10-12H,1-2,8-9H2,(H,22,25). The van der Waals surface area contributed by atoms with Crippen molar-refractivity contribution >= 4 is 40.4 Å². The summed E-state index contributed by atoms with van der Waals surface area (Å²) in [6.07, 6.45) is 4.27. The van der Waals surface area contributed by atoms with Crippen molar-refractivity contribution in [3.8, 4) is 10.6 Å². The number of nitrogens with one attached hydrogen (secondary N) is 1. The Bertz CT molecular complexity index is 919. The molecule has 1 aromatic carbocycles. The fraction of sp³-hybridized carbons (Fsp3) is 0.211. The maximum Gasteiger partial charge on any atom is 0.275 e. The summed E-state index contributed by atoms with van der Waals surface area (Å²) in [4.78, 5) is 23.6. The molecule has 4 rings (SSSR count). The molecule has 0 spiro atoms. The molecule has 0 saturated carbocycles. The first-order chi connectivity index (χ1) is 12.7. The molecule has 0 unspecified atom stereocenters. The first-order valence-corrected chi connectivity index (χ1v) is 9.69. The molecule has 3 aromatic rings. The number of carbonyl (C=O) groups is 1. The van der Waals surface area contributed by atoms with Crippen molar-refractivity contribution in [2.24, 2.45) is 0 Å². The van der Waals surface area contributed by atoms with Gasteiger partial charge in [-0.25, -0.2) is 9.97 Å². The summed E-state index contributed by atoms with van der Waals surface area (Å²) >= 11 is 7.37. The fourth-order valence-corrected chi connectivity index (χ4v) is 3.90. The van der Waals surface area contributed by atoms with Crippen molar-refractivity contribution in [3.63, 3.8) is 0 Å². The Morgan fingerprint density at radius 1 is 1.19 bits per heavy atom. The Morgan fingerprint density at radius 2 is 2.04 bits per heavy atom. The summed E-state index contributed by atoms with van der Waals surface area (Å²) in [5, 5.41) is 5.92. The van der Waals surface area contributed by atoms with E-state index in [4.69, 9.17) is 11.6 Å². The highest BCUT2D eigenvalue weighted by Gasteiger charge is 2.15. The summed E-state index contributed by atoms with van der Waals surface area (Å²) in [5.41, 5.74) is 1.95. The lowest BCUT2D eigenvalue weighted by Gasteiger charge is -2.15. The molecule has 1 aliphatic heterocycles. The lowest BCUT2D eigenvalue weighted by atomic mass is 10.3. The van der Waals surface area contributed by atoms with Crippen LogP contribution < -0.4 is 10.2 Å². The van der Waals surface area contributed by atoms with Gasteiger partial charge in [-0.15, -0.1) is 11.3 Å². The summed E-state index contributed by atoms with van der Waals surface area (Å²) < 4.78 is 0. The van der Waals surface area contributed by atoms with E-state index in [1.165, 1.54) is 24.2 Å². The molecule has 7 heteroatoms. The molecule has 2 aromatic heterocycles. The number of benzene rings is 1. The third-order valence-corrected chi connectivity index (χ3v) is 5.37. The second kappa shape index (κ2) is 7.43. The highest BCUT2D eigenvalue weighted by Crippen LogP contribution is 2.26. The minimum atomic E-state index is -0.253. The first kappa shape index (κ1) is 17.0. The van der Waals surface area contributed by atoms with E-state index in [-0.39, 0.29) is 5.91 Å². The van der Waals surface area contributed by atoms with E-state index >= 15 is 0 Å². The molecule has 0 radical (unpaired) electrons. The van der Waals surface area contributed by atoms with E-state index in [1.54, 1.807) is 29.6 Å². The highest BCUT2D eigenvalue weighted by atomic mass is 35.5. The van der Waals surface area contributed by atoms with Crippen LogP contribution in [-0.2, 0) is 0 Å². The van der Waals surface area contributed by atoms with Crippen LogP contribution in [0.15, 0.2) is 48.0 Å². The largest absolute Gasteiger partial charge is 0.357 e. The molecule has 1 fully saturated rings. The number of nitrogens with zero attached hydrogens (tertiary/aromatic N) is 3. The van der Waals surface area contributed by atoms with E-state index < -0.39 is 0 Å². The number of hydrogen-bond donors (Lipinski definition) is 1. The van der Waals surface area contributed by atoms with Crippen LogP contribution in [-0.4, -0.2) is 29.0 Å². The van der Waals surface area contributed by atoms with Crippen molar-refractivity contribution in [1.29, 1.82) is 0 Å². The summed E-state index contributed by atoms with van der Waals surface area (Å²) in [5.74, 6) is 0.748. The molecular weight excluding hydrogens is 368 g/mol. The Kier molecular flexibility index (Phi) is 4.86. The molecule has 0 aliphatic carbocycles. The minimum absolute atomic E-state index is 0.253. The summed E-state index contributed by atoms with van der Waals surface area (Å²) in [6.45, 7) is 2.13. The molecule has 1 amide bonds. The van der Waals surface area contributed by atoms with E-state index in [9.17, 15) is 4.79 Å². The average Bonchev–Trinajstić information content (AvgIpc) is 3.34. The van der Waals surface area contributed by atoms with Gasteiger partial charge in [-0.05, 0) is 43.2 Å². The lowest BCUT2D eigenvalue weighted by Crippen LogP contribution is -2.18. The normalized spacial score (nSPS) is 13.8. The van der Waals surface area contributed by atoms with Crippen LogP contribution >= 0.6 is 22.9 Å². The SMILES string of the molecule is O=C(Nc1cccc(Cl)c1)c1csc(-c2ccc(N3CCCC3)nc2)n1. The van der Waals surface area contributed by atoms with Gasteiger partial charge >= 0.3 is 0 Å². The van der Waals surface area contributed by atoms with Crippen molar-refractivity contribution < 1.29 is 4.79 Å². The minimum Gasteiger partial charge on any atom is -0.357 e. The number of anilines is 2. The monoisotopic (exact) mass is 384 g/mol. The van der Waals surface area contributed by atoms with Crippen LogP contribution in [0.25, 0.3) is 10.6 Å². The number of amides is 1. The van der Waals surface area contributed by atoms with E-state index in [0.717, 1.165) is 29.5 Å². The van der Waals surface area contributed by atoms with Crippen LogP contribution in [0.4, 0.5) is 11.5 Å². The Balaban J connectivity index is 1.47. The predicted octanol–water partition coefficient (Wildman–Crippen LogP) is 4.71. The average molecular weight is 385 g/mol. The van der Waals surface area contributed by atoms with Crippen molar-refractivity contribution in [1.82, 2.24) is 9.97 Å². The molecule has 1 N–H and O–H groups in total. The molecular formula is C19H17ClN4OS. The van der Waals surface area contributed by atoms with E-state index in [2.05, 4.69) is 20.2 Å². The van der Waals surface area contributed by atoms with Crippen LogP contribution in [0.1, 0.15) is 23.3 Å². The van der Waals surface area contributed by atoms with Crippen molar-refractivity contribution in [3.05, 3.63) is 58.7 Å². The van der Waals surface area contributed by atoms with E-state index in [0.29, 0.717) is 16.4 Å². The van der Waals surface area contributed by atoms with Crippen molar-refractivity contribution in [2.45, 2.75) is 12.8 Å². The second-order valence-corrected chi connectivity index (χ2v) is 7.40. The summed E-state index contributed by atoms with van der Waals surface area (Å²) in [7, 11) is 0. The second-order valence-electron chi connectivity index (χ2n) is 6.10. The first-order valence-electron chi connectivity index (χ1n) is 8.43. The van der Waals surface area contributed by atoms with Gasteiger partial charge in [-0.1, -0.05) is 17.7 Å². The number of aromatic nitrogens is 2. The molecule has 1 saturated heterocycles. The lowest BCUT2D eigenvalue weighted by molar-refractivity contribution is 0.102. The Labute approximate surface area is 160 Å². The highest BCUT2D eigenvalue weighted by molar-refractivity contribution is 7.13. The van der Waals surface area contributed by atoms with Gasteiger partial charge in [-0.3, -0.25) is 4.79 Å². The number of thiazole rings is 1. The van der Waals surface area contributed by atoms with Gasteiger partial charge in [0.25, 0.3) is 5.91 Å². The third kappa shape index (κ3) is 3.71. The molecule has 3 heterocycles. The van der Waals surface area contributed by atoms with Crippen LogP contribution in [0.2, 0.25) is 5.02 Å². The number of hydrogen-bond acceptors (Lipinski definition) is 5. The van der Waals surface area contributed by atoms with Crippen LogP contribution in [0.3, 0.4) is 0 Å². The third-order valence-electron chi connectivity index (χ3n) is 4.24. The van der Waals surface area contributed by atoms with Crippen LogP contribution in [0, 0.1) is 0 Å². The van der Waals surface area contributed by atoms with Gasteiger partial charge in [0, 0.05) is 40.9 Å². The zero-order chi connectivity index (χ0) is 17.9. The number of carbonyl (C=O) groups excluding carboxylic acids is 1. The smallest absolute Gasteiger partial charge is 0.275 e. The fourth-order valence-electron chi connectivity index (χ4n) is 2.92. The van der Waals surface area contributed by atoms with Crippen molar-refractivity contribution in [2.75, 3.05) is 23.3 Å². The Hall–Kier alpha value is -2.44. The topological polar surface area (TPSA) is 58.1 Å². The molecule has 132 valence electrons. The maximum atomic E-state index is 12.4. The van der Waals surface area contributed by atoms with Gasteiger partial charge in [0.05, 0.1) is 0 Å². The predicted molar refractivity (Wildman–Crippen MR) is 106 cm³/mol. The van der Waals surface area contributed by atoms with Crippen LogP contribution in [0.5, 0.6) is 0 Å². The molecule has 5 nitrogen and oxygen atoms in total.